The Hall–Kier alpha value is -3.46. The minimum Gasteiger partial charge on any atom is -0.349 e. The van der Waals surface area contributed by atoms with E-state index in [2.05, 4.69) is 15.1 Å². The Morgan fingerprint density at radius 1 is 1.03 bits per heavy atom. The van der Waals surface area contributed by atoms with Gasteiger partial charge in [-0.1, -0.05) is 0 Å². The summed E-state index contributed by atoms with van der Waals surface area (Å²) in [6.07, 6.45) is -9.25. The van der Waals surface area contributed by atoms with Crippen LogP contribution < -0.4 is 15.4 Å². The predicted molar refractivity (Wildman–Crippen MR) is 116 cm³/mol. The molecule has 0 unspecified atom stereocenters. The Balaban J connectivity index is 1.33. The highest BCUT2D eigenvalue weighted by molar-refractivity contribution is 5.76. The van der Waals surface area contributed by atoms with E-state index in [4.69, 9.17) is 0 Å². The van der Waals surface area contributed by atoms with E-state index in [-0.39, 0.29) is 56.6 Å². The highest BCUT2D eigenvalue weighted by atomic mass is 19.4. The number of halogens is 7. The van der Waals surface area contributed by atoms with Crippen molar-refractivity contribution in [3.63, 3.8) is 0 Å². The maximum absolute atomic E-state index is 14.2. The Morgan fingerprint density at radius 3 is 2.27 bits per heavy atom. The standard InChI is InChI=1S/C21H22F7N7O2/c22-13-7-14(35(11-13)16-8-15(21(26,27)28)18(37)32-31-16)1-2-17(36)33-3-5-34(6-4-33)19-29-9-12(10-30-19)20(23,24)25/h8-10,13-14H,1-7,11H2,(H,32,37)/t13-,14-/m1/s1. The van der Waals surface area contributed by atoms with Gasteiger partial charge in [-0.25, -0.2) is 19.5 Å². The molecule has 0 saturated carbocycles. The second kappa shape index (κ2) is 10.1. The van der Waals surface area contributed by atoms with Gasteiger partial charge >= 0.3 is 12.4 Å². The smallest absolute Gasteiger partial charge is 0.349 e. The van der Waals surface area contributed by atoms with Crippen LogP contribution in [0.3, 0.4) is 0 Å². The van der Waals surface area contributed by atoms with Crippen LogP contribution in [0.2, 0.25) is 0 Å². The van der Waals surface area contributed by atoms with Gasteiger partial charge in [-0.05, 0) is 6.42 Å². The molecule has 0 spiro atoms. The topological polar surface area (TPSA) is 98.3 Å². The fourth-order valence-corrected chi connectivity index (χ4v) is 4.40. The maximum atomic E-state index is 14.2. The minimum absolute atomic E-state index is 0.000147. The molecule has 2 aromatic rings. The fraction of sp³-hybridized carbons (Fsp3) is 0.571. The summed E-state index contributed by atoms with van der Waals surface area (Å²) in [7, 11) is 0. The van der Waals surface area contributed by atoms with Crippen molar-refractivity contribution in [2.45, 2.75) is 43.8 Å². The first kappa shape index (κ1) is 26.6. The van der Waals surface area contributed by atoms with Gasteiger partial charge in [-0.3, -0.25) is 9.59 Å². The molecule has 2 aliphatic rings. The largest absolute Gasteiger partial charge is 0.421 e. The highest BCUT2D eigenvalue weighted by Gasteiger charge is 2.38. The first-order chi connectivity index (χ1) is 17.3. The number of amides is 1. The molecule has 16 heteroatoms. The van der Waals surface area contributed by atoms with Gasteiger partial charge in [0.2, 0.25) is 11.9 Å². The van der Waals surface area contributed by atoms with Crippen molar-refractivity contribution in [1.29, 1.82) is 0 Å². The van der Waals surface area contributed by atoms with Gasteiger partial charge in [0.15, 0.2) is 0 Å². The zero-order valence-corrected chi connectivity index (χ0v) is 19.2. The molecule has 0 aliphatic carbocycles. The molecule has 0 aromatic carbocycles. The number of aromatic amines is 1. The lowest BCUT2D eigenvalue weighted by Gasteiger charge is -2.35. The van der Waals surface area contributed by atoms with Crippen LogP contribution in [0.5, 0.6) is 0 Å². The summed E-state index contributed by atoms with van der Waals surface area (Å²) in [5.41, 5.74) is -3.81. The van der Waals surface area contributed by atoms with Crippen molar-refractivity contribution >= 4 is 17.7 Å². The number of hydrogen-bond acceptors (Lipinski definition) is 7. The molecular weight excluding hydrogens is 515 g/mol. The molecule has 9 nitrogen and oxygen atoms in total. The number of nitrogens with one attached hydrogen (secondary N) is 1. The van der Waals surface area contributed by atoms with Crippen molar-refractivity contribution in [3.8, 4) is 0 Å². The Bertz CT molecular complexity index is 1160. The summed E-state index contributed by atoms with van der Waals surface area (Å²) in [6.45, 7) is 0.891. The molecule has 1 N–H and O–H groups in total. The minimum atomic E-state index is -4.90. The molecule has 2 aliphatic heterocycles. The summed E-state index contributed by atoms with van der Waals surface area (Å²) >= 11 is 0. The number of anilines is 2. The summed E-state index contributed by atoms with van der Waals surface area (Å²) in [5, 5.41) is 5.44. The van der Waals surface area contributed by atoms with Gasteiger partial charge in [0, 0.05) is 63.5 Å². The number of carbonyl (C=O) groups is 1. The average molecular weight is 537 g/mol. The number of rotatable bonds is 5. The predicted octanol–water partition coefficient (Wildman–Crippen LogP) is 2.64. The number of nitrogens with zero attached hydrogens (tertiary/aromatic N) is 6. The van der Waals surface area contributed by atoms with Crippen molar-refractivity contribution in [2.24, 2.45) is 0 Å². The number of H-pyrrole nitrogens is 1. The molecule has 0 radical (unpaired) electrons. The van der Waals surface area contributed by atoms with E-state index in [0.717, 1.165) is 0 Å². The highest BCUT2D eigenvalue weighted by Crippen LogP contribution is 2.32. The molecule has 0 bridgehead atoms. The molecule has 2 atom stereocenters. The number of alkyl halides is 7. The zero-order chi connectivity index (χ0) is 27.0. The van der Waals surface area contributed by atoms with E-state index in [0.29, 0.717) is 31.5 Å². The van der Waals surface area contributed by atoms with Gasteiger partial charge in [0.05, 0.1) is 12.1 Å². The van der Waals surface area contributed by atoms with E-state index in [9.17, 15) is 40.3 Å². The maximum Gasteiger partial charge on any atom is 0.421 e. The molecule has 2 fully saturated rings. The van der Waals surface area contributed by atoms with Crippen molar-refractivity contribution in [1.82, 2.24) is 25.1 Å². The molecule has 4 heterocycles. The van der Waals surface area contributed by atoms with Crippen LogP contribution in [-0.4, -0.2) is 75.9 Å². The number of hydrogen-bond donors (Lipinski definition) is 1. The summed E-state index contributed by atoms with van der Waals surface area (Å²) < 4.78 is 91.5. The van der Waals surface area contributed by atoms with Crippen LogP contribution in [-0.2, 0) is 17.1 Å². The van der Waals surface area contributed by atoms with Crippen molar-refractivity contribution in [3.05, 3.63) is 39.9 Å². The van der Waals surface area contributed by atoms with Gasteiger partial charge in [0.25, 0.3) is 5.56 Å². The van der Waals surface area contributed by atoms with Crippen LogP contribution in [0, 0.1) is 0 Å². The van der Waals surface area contributed by atoms with Gasteiger partial charge < -0.3 is 14.7 Å². The summed E-state index contributed by atoms with van der Waals surface area (Å²) in [5.74, 6) is -0.363. The lowest BCUT2D eigenvalue weighted by atomic mass is 10.1. The fourth-order valence-electron chi connectivity index (χ4n) is 4.40. The Labute approximate surface area is 205 Å². The third-order valence-corrected chi connectivity index (χ3v) is 6.33. The molecule has 4 rings (SSSR count). The number of carbonyl (C=O) groups excluding carboxylic acids is 1. The summed E-state index contributed by atoms with van der Waals surface area (Å²) in [6, 6.07) is -0.0194. The third-order valence-electron chi connectivity index (χ3n) is 6.33. The van der Waals surface area contributed by atoms with E-state index in [1.54, 1.807) is 14.9 Å². The van der Waals surface area contributed by atoms with Gasteiger partial charge in [-0.2, -0.15) is 31.4 Å². The SMILES string of the molecule is O=C(CC[C@@H]1C[C@@H](F)CN1c1cc(C(F)(F)F)c(=O)[nH]n1)N1CCN(c2ncc(C(F)(F)F)cn2)CC1. The van der Waals surface area contributed by atoms with E-state index >= 15 is 0 Å². The van der Waals surface area contributed by atoms with E-state index in [1.165, 1.54) is 4.90 Å². The molecule has 2 saturated heterocycles. The van der Waals surface area contributed by atoms with Crippen molar-refractivity contribution in [2.75, 3.05) is 42.5 Å². The third kappa shape index (κ3) is 6.10. The second-order valence-corrected chi connectivity index (χ2v) is 8.78. The zero-order valence-electron chi connectivity index (χ0n) is 19.2. The van der Waals surface area contributed by atoms with Crippen LogP contribution in [0.1, 0.15) is 30.4 Å². The number of piperazine rings is 1. The van der Waals surface area contributed by atoms with E-state index in [1.807, 2.05) is 0 Å². The van der Waals surface area contributed by atoms with Crippen molar-refractivity contribution < 1.29 is 35.5 Å². The second-order valence-electron chi connectivity index (χ2n) is 8.78. The molecule has 202 valence electrons. The Kier molecular flexibility index (Phi) is 7.28. The van der Waals surface area contributed by atoms with Crippen LogP contribution >= 0.6 is 0 Å². The first-order valence-electron chi connectivity index (χ1n) is 11.3. The van der Waals surface area contributed by atoms with Crippen LogP contribution in [0.15, 0.2) is 23.3 Å². The molecule has 1 amide bonds. The monoisotopic (exact) mass is 537 g/mol. The molecule has 2 aromatic heterocycles. The molecular formula is C21H22F7N7O2. The molecule has 37 heavy (non-hydrogen) atoms. The van der Waals surface area contributed by atoms with Crippen LogP contribution in [0.4, 0.5) is 42.5 Å². The Morgan fingerprint density at radius 2 is 1.68 bits per heavy atom. The quantitative estimate of drug-likeness (QED) is 0.586. The van der Waals surface area contributed by atoms with Gasteiger partial charge in [-0.15, -0.1) is 0 Å². The average Bonchev–Trinajstić information content (AvgIpc) is 3.22. The normalized spacial score (nSPS) is 21.0. The lowest BCUT2D eigenvalue weighted by molar-refractivity contribution is -0.139. The van der Waals surface area contributed by atoms with Crippen LogP contribution in [0.25, 0.3) is 0 Å². The number of aromatic nitrogens is 4. The summed E-state index contributed by atoms with van der Waals surface area (Å²) in [4.78, 5) is 36.3. The van der Waals surface area contributed by atoms with E-state index < -0.39 is 41.3 Å². The first-order valence-corrected chi connectivity index (χ1v) is 11.3. The lowest BCUT2D eigenvalue weighted by Crippen LogP contribution is -2.49. The van der Waals surface area contributed by atoms with Gasteiger partial charge in [0.1, 0.15) is 17.6 Å².